The average molecular weight is 607 g/mol. The highest BCUT2D eigenvalue weighted by Gasteiger charge is 2.36. The molecule has 234 valence electrons. The summed E-state index contributed by atoms with van der Waals surface area (Å²) in [7, 11) is 1.52. The lowest BCUT2D eigenvalue weighted by Crippen LogP contribution is -2.50. The van der Waals surface area contributed by atoms with Crippen molar-refractivity contribution in [1.82, 2.24) is 9.80 Å². The van der Waals surface area contributed by atoms with Gasteiger partial charge >= 0.3 is 12.2 Å². The molecule has 0 unspecified atom stereocenters. The maximum Gasteiger partial charge on any atom is 0.416 e. The van der Waals surface area contributed by atoms with Gasteiger partial charge in [0.05, 0.1) is 36.0 Å². The van der Waals surface area contributed by atoms with Crippen LogP contribution in [0.2, 0.25) is 0 Å². The molecule has 2 aromatic carbocycles. The molecule has 2 aliphatic heterocycles. The standard InChI is InChI=1S/C30H37F3N4O6/c1-18-15-37(19(2)17-38)28(40)23-5-4-6-24(35-27(39)20-11-13-42-14-12-20)26(23)43-25(18)16-36(3)29(41)34-22-9-7-21(8-10-22)30(31,32)33/h4-10,18-20,25,38H,11-17H2,1-3H3,(H,34,41)(H,35,39)/t18-,19-,25-/m0/s1. The Morgan fingerprint density at radius 3 is 2.42 bits per heavy atom. The molecule has 2 aliphatic rings. The Kier molecular flexibility index (Phi) is 10.2. The van der Waals surface area contributed by atoms with Crippen molar-refractivity contribution in [2.24, 2.45) is 11.8 Å². The minimum atomic E-state index is -4.49. The van der Waals surface area contributed by atoms with Crippen LogP contribution in [0.5, 0.6) is 5.75 Å². The Morgan fingerprint density at radius 2 is 1.79 bits per heavy atom. The number of aliphatic hydroxyl groups excluding tert-OH is 1. The highest BCUT2D eigenvalue weighted by molar-refractivity contribution is 6.02. The maximum atomic E-state index is 13.7. The Bertz CT molecular complexity index is 1300. The molecule has 2 heterocycles. The van der Waals surface area contributed by atoms with E-state index >= 15 is 0 Å². The van der Waals surface area contributed by atoms with E-state index in [-0.39, 0.29) is 60.3 Å². The number of para-hydroxylation sites is 1. The molecular weight excluding hydrogens is 569 g/mol. The predicted octanol–water partition coefficient (Wildman–Crippen LogP) is 4.45. The number of alkyl halides is 3. The summed E-state index contributed by atoms with van der Waals surface area (Å²) in [5.41, 5.74) is -0.118. The third kappa shape index (κ3) is 7.77. The second kappa shape index (κ2) is 13.6. The number of benzene rings is 2. The number of aliphatic hydroxyl groups is 1. The van der Waals surface area contributed by atoms with E-state index in [9.17, 15) is 32.7 Å². The van der Waals surface area contributed by atoms with Crippen LogP contribution in [-0.4, -0.2) is 84.9 Å². The van der Waals surface area contributed by atoms with Gasteiger partial charge in [0, 0.05) is 44.3 Å². The van der Waals surface area contributed by atoms with Crippen molar-refractivity contribution in [3.05, 3.63) is 53.6 Å². The predicted molar refractivity (Wildman–Crippen MR) is 153 cm³/mol. The minimum absolute atomic E-state index is 0.0465. The molecule has 4 amide bonds. The molecule has 0 saturated carbocycles. The van der Waals surface area contributed by atoms with E-state index in [4.69, 9.17) is 9.47 Å². The lowest BCUT2D eigenvalue weighted by Gasteiger charge is -2.38. The van der Waals surface area contributed by atoms with Gasteiger partial charge in [0.25, 0.3) is 5.91 Å². The number of hydrogen-bond acceptors (Lipinski definition) is 6. The van der Waals surface area contributed by atoms with Crippen molar-refractivity contribution < 1.29 is 42.1 Å². The van der Waals surface area contributed by atoms with Gasteiger partial charge in [-0.2, -0.15) is 13.2 Å². The number of amides is 4. The topological polar surface area (TPSA) is 120 Å². The zero-order chi connectivity index (χ0) is 31.3. The fourth-order valence-corrected chi connectivity index (χ4v) is 5.07. The first-order valence-corrected chi connectivity index (χ1v) is 14.2. The second-order valence-corrected chi connectivity index (χ2v) is 11.1. The van der Waals surface area contributed by atoms with Crippen LogP contribution >= 0.6 is 0 Å². The van der Waals surface area contributed by atoms with Gasteiger partial charge in [-0.1, -0.05) is 13.0 Å². The number of anilines is 2. The molecule has 0 radical (unpaired) electrons. The summed E-state index contributed by atoms with van der Waals surface area (Å²) in [4.78, 5) is 42.6. The number of nitrogens with one attached hydrogen (secondary N) is 2. The first-order chi connectivity index (χ1) is 20.4. The molecule has 4 rings (SSSR count). The Morgan fingerprint density at radius 1 is 1.12 bits per heavy atom. The van der Waals surface area contributed by atoms with E-state index in [0.29, 0.717) is 31.7 Å². The van der Waals surface area contributed by atoms with Crippen molar-refractivity contribution in [3.63, 3.8) is 0 Å². The summed E-state index contributed by atoms with van der Waals surface area (Å²) in [6, 6.07) is 7.91. The van der Waals surface area contributed by atoms with Crippen molar-refractivity contribution in [3.8, 4) is 5.75 Å². The molecule has 0 aromatic heterocycles. The number of carbonyl (C=O) groups is 3. The van der Waals surface area contributed by atoms with Gasteiger partial charge in [-0.25, -0.2) is 4.79 Å². The number of halogens is 3. The van der Waals surface area contributed by atoms with Crippen LogP contribution in [0, 0.1) is 11.8 Å². The average Bonchev–Trinajstić information content (AvgIpc) is 2.99. The van der Waals surface area contributed by atoms with Gasteiger partial charge in [-0.3, -0.25) is 9.59 Å². The number of urea groups is 1. The van der Waals surface area contributed by atoms with Gasteiger partial charge in [-0.05, 0) is 56.2 Å². The van der Waals surface area contributed by atoms with Gasteiger partial charge in [0.2, 0.25) is 5.91 Å². The minimum Gasteiger partial charge on any atom is -0.485 e. The van der Waals surface area contributed by atoms with Crippen LogP contribution in [0.3, 0.4) is 0 Å². The van der Waals surface area contributed by atoms with Crippen molar-refractivity contribution >= 4 is 29.2 Å². The fourth-order valence-electron chi connectivity index (χ4n) is 5.07. The molecular formula is C30H37F3N4O6. The number of hydrogen-bond donors (Lipinski definition) is 3. The molecule has 2 aromatic rings. The fraction of sp³-hybridized carbons (Fsp3) is 0.500. The first-order valence-electron chi connectivity index (χ1n) is 14.2. The van der Waals surface area contributed by atoms with Crippen molar-refractivity contribution in [1.29, 1.82) is 0 Å². The highest BCUT2D eigenvalue weighted by atomic mass is 19.4. The zero-order valence-electron chi connectivity index (χ0n) is 24.3. The van der Waals surface area contributed by atoms with Gasteiger partial charge in [0.15, 0.2) is 5.75 Å². The van der Waals surface area contributed by atoms with E-state index in [0.717, 1.165) is 12.1 Å². The molecule has 3 N–H and O–H groups in total. The summed E-state index contributed by atoms with van der Waals surface area (Å²) in [6.07, 6.45) is -4.01. The summed E-state index contributed by atoms with van der Waals surface area (Å²) >= 11 is 0. The van der Waals surface area contributed by atoms with E-state index in [1.165, 1.54) is 24.1 Å². The Balaban J connectivity index is 1.58. The number of nitrogens with zero attached hydrogens (tertiary/aromatic N) is 2. The van der Waals surface area contributed by atoms with E-state index < -0.39 is 29.9 Å². The van der Waals surface area contributed by atoms with Crippen molar-refractivity contribution in [2.75, 3.05) is 50.6 Å². The number of likely N-dealkylation sites (N-methyl/N-ethyl adjacent to an activating group) is 1. The number of carbonyl (C=O) groups excluding carboxylic acids is 3. The molecule has 1 fully saturated rings. The van der Waals surface area contributed by atoms with Crippen LogP contribution < -0.4 is 15.4 Å². The zero-order valence-corrected chi connectivity index (χ0v) is 24.3. The van der Waals surface area contributed by atoms with Gasteiger partial charge in [0.1, 0.15) is 6.10 Å². The number of rotatable bonds is 7. The smallest absolute Gasteiger partial charge is 0.416 e. The Hall–Kier alpha value is -3.84. The SMILES string of the molecule is C[C@H]1CN([C@@H](C)CO)C(=O)c2cccc(NC(=O)C3CCOCC3)c2O[C@H]1CN(C)C(=O)Nc1ccc(C(F)(F)F)cc1. The maximum absolute atomic E-state index is 13.7. The normalized spacial score (nSPS) is 20.3. The Labute approximate surface area is 248 Å². The molecule has 3 atom stereocenters. The van der Waals surface area contributed by atoms with Crippen LogP contribution in [0.4, 0.5) is 29.3 Å². The van der Waals surface area contributed by atoms with E-state index in [2.05, 4.69) is 10.6 Å². The van der Waals surface area contributed by atoms with Crippen LogP contribution in [-0.2, 0) is 15.7 Å². The summed E-state index contributed by atoms with van der Waals surface area (Å²) in [5, 5.41) is 15.4. The van der Waals surface area contributed by atoms with E-state index in [1.807, 2.05) is 6.92 Å². The second-order valence-electron chi connectivity index (χ2n) is 11.1. The molecule has 10 nitrogen and oxygen atoms in total. The monoisotopic (exact) mass is 606 g/mol. The van der Waals surface area contributed by atoms with Crippen LogP contribution in [0.25, 0.3) is 0 Å². The lowest BCUT2D eigenvalue weighted by atomic mass is 9.98. The van der Waals surface area contributed by atoms with Crippen LogP contribution in [0.1, 0.15) is 42.6 Å². The summed E-state index contributed by atoms with van der Waals surface area (Å²) < 4.78 is 50.5. The molecule has 0 bridgehead atoms. The van der Waals surface area contributed by atoms with E-state index in [1.54, 1.807) is 30.0 Å². The summed E-state index contributed by atoms with van der Waals surface area (Å²) in [5.74, 6) is -0.997. The lowest BCUT2D eigenvalue weighted by molar-refractivity contribution is -0.137. The molecule has 13 heteroatoms. The molecule has 0 spiro atoms. The number of fused-ring (bicyclic) bond motifs is 1. The molecule has 43 heavy (non-hydrogen) atoms. The molecule has 0 aliphatic carbocycles. The van der Waals surface area contributed by atoms with Crippen LogP contribution in [0.15, 0.2) is 42.5 Å². The highest BCUT2D eigenvalue weighted by Crippen LogP contribution is 2.36. The third-order valence-electron chi connectivity index (χ3n) is 7.81. The summed E-state index contributed by atoms with van der Waals surface area (Å²) in [6.45, 7) is 4.54. The quantitative estimate of drug-likeness (QED) is 0.428. The number of ether oxygens (including phenoxy) is 2. The van der Waals surface area contributed by atoms with Crippen molar-refractivity contribution in [2.45, 2.75) is 45.0 Å². The third-order valence-corrected chi connectivity index (χ3v) is 7.81. The van der Waals surface area contributed by atoms with Gasteiger partial charge < -0.3 is 35.0 Å². The largest absolute Gasteiger partial charge is 0.485 e. The van der Waals surface area contributed by atoms with Gasteiger partial charge in [-0.15, -0.1) is 0 Å². The first kappa shape index (κ1) is 32.1. The molecule has 1 saturated heterocycles.